The molecule has 0 aromatic carbocycles. The summed E-state index contributed by atoms with van der Waals surface area (Å²) in [6.45, 7) is 1.71. The van der Waals surface area contributed by atoms with Crippen LogP contribution < -0.4 is 10.5 Å². The fraction of sp³-hybridized carbons (Fsp3) is 0.333. The number of hydrogen-bond donors (Lipinski definition) is 2. The van der Waals surface area contributed by atoms with Gasteiger partial charge in [0.2, 0.25) is 0 Å². The molecule has 0 saturated heterocycles. The maximum absolute atomic E-state index is 12.1. The summed E-state index contributed by atoms with van der Waals surface area (Å²) in [5, 5.41) is 7.86. The van der Waals surface area contributed by atoms with Gasteiger partial charge in [-0.3, -0.25) is 9.40 Å². The van der Waals surface area contributed by atoms with Gasteiger partial charge < -0.3 is 5.73 Å². The zero-order valence-electron chi connectivity index (χ0n) is 10.2. The summed E-state index contributed by atoms with van der Waals surface area (Å²) in [7, 11) is -0.442. The van der Waals surface area contributed by atoms with E-state index < -0.39 is 10.0 Å². The third-order valence-corrected chi connectivity index (χ3v) is 3.78. The summed E-state index contributed by atoms with van der Waals surface area (Å²) in [5.74, 6) is 0.247. The number of aromatic nitrogens is 4. The highest BCUT2D eigenvalue weighted by Crippen LogP contribution is 2.23. The van der Waals surface area contributed by atoms with E-state index in [9.17, 15) is 8.42 Å². The van der Waals surface area contributed by atoms with Crippen LogP contribution in [0.25, 0.3) is 0 Å². The van der Waals surface area contributed by atoms with Crippen molar-refractivity contribution in [3.8, 4) is 0 Å². The Morgan fingerprint density at radius 3 is 2.50 bits per heavy atom. The molecule has 0 bridgehead atoms. The predicted octanol–water partition coefficient (Wildman–Crippen LogP) is -0.155. The van der Waals surface area contributed by atoms with Gasteiger partial charge in [0.15, 0.2) is 5.82 Å². The molecule has 0 spiro atoms. The lowest BCUT2D eigenvalue weighted by Gasteiger charge is -2.07. The second-order valence-electron chi connectivity index (χ2n) is 3.93. The second-order valence-corrected chi connectivity index (χ2v) is 5.61. The van der Waals surface area contributed by atoms with Gasteiger partial charge in [-0.1, -0.05) is 0 Å². The number of anilines is 2. The van der Waals surface area contributed by atoms with Gasteiger partial charge in [-0.05, 0) is 6.92 Å². The molecule has 3 N–H and O–H groups in total. The minimum Gasteiger partial charge on any atom is -0.394 e. The van der Waals surface area contributed by atoms with Crippen LogP contribution in [0.1, 0.15) is 5.69 Å². The van der Waals surface area contributed by atoms with Crippen LogP contribution in [0.5, 0.6) is 0 Å². The first-order chi connectivity index (χ1) is 8.31. The Morgan fingerprint density at radius 1 is 1.39 bits per heavy atom. The van der Waals surface area contributed by atoms with Crippen LogP contribution in [0, 0.1) is 6.92 Å². The highest BCUT2D eigenvalue weighted by molar-refractivity contribution is 7.92. The Kier molecular flexibility index (Phi) is 2.77. The molecule has 2 aromatic heterocycles. The van der Waals surface area contributed by atoms with Gasteiger partial charge in [-0.15, -0.1) is 0 Å². The average Bonchev–Trinajstić information content (AvgIpc) is 2.80. The van der Waals surface area contributed by atoms with Crippen molar-refractivity contribution in [1.82, 2.24) is 19.6 Å². The van der Waals surface area contributed by atoms with E-state index in [1.54, 1.807) is 21.0 Å². The Bertz CT molecular complexity index is 684. The molecular formula is C9H14N6O2S. The maximum atomic E-state index is 12.1. The lowest BCUT2D eigenvalue weighted by molar-refractivity contribution is 0.600. The number of hydrogen-bond acceptors (Lipinski definition) is 5. The van der Waals surface area contributed by atoms with E-state index in [0.29, 0.717) is 11.4 Å². The first-order valence-electron chi connectivity index (χ1n) is 5.12. The summed E-state index contributed by atoms with van der Waals surface area (Å²) in [4.78, 5) is 0.0725. The third kappa shape index (κ3) is 2.04. The van der Waals surface area contributed by atoms with Crippen LogP contribution in [0.3, 0.4) is 0 Å². The van der Waals surface area contributed by atoms with E-state index >= 15 is 0 Å². The second kappa shape index (κ2) is 4.02. The van der Waals surface area contributed by atoms with E-state index in [2.05, 4.69) is 14.9 Å². The van der Waals surface area contributed by atoms with Crippen molar-refractivity contribution < 1.29 is 8.42 Å². The van der Waals surface area contributed by atoms with Gasteiger partial charge in [-0.2, -0.15) is 10.2 Å². The van der Waals surface area contributed by atoms with Crippen LogP contribution >= 0.6 is 0 Å². The number of rotatable bonds is 3. The van der Waals surface area contributed by atoms with Crippen molar-refractivity contribution in [3.63, 3.8) is 0 Å². The molecule has 9 heteroatoms. The third-order valence-electron chi connectivity index (χ3n) is 2.49. The lowest BCUT2D eigenvalue weighted by Crippen LogP contribution is -2.15. The van der Waals surface area contributed by atoms with Crippen LogP contribution in [0.2, 0.25) is 0 Å². The van der Waals surface area contributed by atoms with E-state index in [0.717, 1.165) is 0 Å². The number of nitrogens with one attached hydrogen (secondary N) is 1. The van der Waals surface area contributed by atoms with Gasteiger partial charge >= 0.3 is 0 Å². The fourth-order valence-electron chi connectivity index (χ4n) is 1.52. The van der Waals surface area contributed by atoms with Crippen LogP contribution in [-0.4, -0.2) is 28.0 Å². The molecular weight excluding hydrogens is 256 g/mol. The average molecular weight is 270 g/mol. The molecule has 98 valence electrons. The van der Waals surface area contributed by atoms with Gasteiger partial charge in [-0.25, -0.2) is 13.1 Å². The standard InChI is InChI=1S/C9H14N6O2S/c1-6-8(10)9(15(3)12-6)13-18(16,17)7-4-11-14(2)5-7/h4-5,13H,10H2,1-3H3. The van der Waals surface area contributed by atoms with Crippen molar-refractivity contribution in [3.05, 3.63) is 18.1 Å². The molecule has 2 rings (SSSR count). The fourth-order valence-corrected chi connectivity index (χ4v) is 2.61. The number of nitrogen functional groups attached to an aromatic ring is 1. The van der Waals surface area contributed by atoms with Crippen LogP contribution in [-0.2, 0) is 24.1 Å². The minimum atomic E-state index is -3.70. The van der Waals surface area contributed by atoms with E-state index in [1.807, 2.05) is 0 Å². The first kappa shape index (κ1) is 12.4. The van der Waals surface area contributed by atoms with E-state index in [1.165, 1.54) is 21.8 Å². The van der Waals surface area contributed by atoms with E-state index in [4.69, 9.17) is 5.73 Å². The van der Waals surface area contributed by atoms with E-state index in [-0.39, 0.29) is 10.7 Å². The molecule has 0 saturated carbocycles. The van der Waals surface area contributed by atoms with Crippen molar-refractivity contribution in [2.75, 3.05) is 10.5 Å². The summed E-state index contributed by atoms with van der Waals surface area (Å²) in [5.41, 5.74) is 6.64. The molecule has 0 fully saturated rings. The molecule has 0 atom stereocenters. The number of sulfonamides is 1. The van der Waals surface area contributed by atoms with Crippen molar-refractivity contribution in [2.45, 2.75) is 11.8 Å². The molecule has 18 heavy (non-hydrogen) atoms. The van der Waals surface area contributed by atoms with Crippen molar-refractivity contribution in [2.24, 2.45) is 14.1 Å². The highest BCUT2D eigenvalue weighted by atomic mass is 32.2. The number of aryl methyl sites for hydroxylation is 3. The predicted molar refractivity (Wildman–Crippen MR) is 66.4 cm³/mol. The number of nitrogens with zero attached hydrogens (tertiary/aromatic N) is 4. The Hall–Kier alpha value is -2.03. The quantitative estimate of drug-likeness (QED) is 0.806. The topological polar surface area (TPSA) is 108 Å². The first-order valence-corrected chi connectivity index (χ1v) is 6.60. The SMILES string of the molecule is Cc1nn(C)c(NS(=O)(=O)c2cnn(C)c2)c1N. The van der Waals surface area contributed by atoms with Crippen molar-refractivity contribution in [1.29, 1.82) is 0 Å². The summed E-state index contributed by atoms with van der Waals surface area (Å²) >= 11 is 0. The zero-order valence-corrected chi connectivity index (χ0v) is 11.1. The van der Waals surface area contributed by atoms with Gasteiger partial charge in [0.25, 0.3) is 10.0 Å². The summed E-state index contributed by atoms with van der Waals surface area (Å²) in [6, 6.07) is 0. The minimum absolute atomic E-state index is 0.0725. The highest BCUT2D eigenvalue weighted by Gasteiger charge is 2.20. The van der Waals surface area contributed by atoms with Gasteiger partial charge in [0.05, 0.1) is 17.6 Å². The van der Waals surface area contributed by atoms with Crippen LogP contribution in [0.15, 0.2) is 17.3 Å². The Labute approximate surface area is 104 Å². The largest absolute Gasteiger partial charge is 0.394 e. The smallest absolute Gasteiger partial charge is 0.266 e. The number of nitrogens with two attached hydrogens (primary N) is 1. The molecule has 0 aliphatic heterocycles. The lowest BCUT2D eigenvalue weighted by atomic mass is 10.4. The molecule has 0 amide bonds. The normalized spacial score (nSPS) is 11.7. The Balaban J connectivity index is 2.39. The molecule has 2 aromatic rings. The summed E-state index contributed by atoms with van der Waals surface area (Å²) < 4.78 is 29.3. The Morgan fingerprint density at radius 2 is 2.06 bits per heavy atom. The molecule has 0 radical (unpaired) electrons. The maximum Gasteiger partial charge on any atom is 0.266 e. The van der Waals surface area contributed by atoms with Crippen molar-refractivity contribution >= 4 is 21.5 Å². The van der Waals surface area contributed by atoms with Crippen LogP contribution in [0.4, 0.5) is 11.5 Å². The monoisotopic (exact) mass is 270 g/mol. The molecule has 0 unspecified atom stereocenters. The molecule has 2 heterocycles. The molecule has 8 nitrogen and oxygen atoms in total. The molecule has 0 aliphatic rings. The molecule has 0 aliphatic carbocycles. The summed E-state index contributed by atoms with van der Waals surface area (Å²) in [6.07, 6.45) is 2.67. The van der Waals surface area contributed by atoms with Gasteiger partial charge in [0, 0.05) is 20.3 Å². The van der Waals surface area contributed by atoms with Gasteiger partial charge in [0.1, 0.15) is 4.90 Å². The zero-order chi connectivity index (χ0) is 13.5.